The number of hydrogen-bond acceptors (Lipinski definition) is 8. The number of sulfonamides is 1. The minimum Gasteiger partial charge on any atom is -0.366 e. The van der Waals surface area contributed by atoms with Crippen LogP contribution in [0.4, 0.5) is 0 Å². The van der Waals surface area contributed by atoms with Gasteiger partial charge < -0.3 is 9.47 Å². The lowest BCUT2D eigenvalue weighted by Crippen LogP contribution is -2.39. The summed E-state index contributed by atoms with van der Waals surface area (Å²) < 4.78 is 40.6. The molecule has 1 aliphatic heterocycles. The van der Waals surface area contributed by atoms with Crippen LogP contribution in [0.2, 0.25) is 10.0 Å². The highest BCUT2D eigenvalue weighted by molar-refractivity contribution is 7.89. The Morgan fingerprint density at radius 1 is 1.04 bits per heavy atom. The monoisotopic (exact) mass is 669 g/mol. The van der Waals surface area contributed by atoms with E-state index in [4.69, 9.17) is 32.7 Å². The SMILES string of the molecule is CCOC1NC(c2ccc(CS(=O)(=O)NC(=O)C3(c4ccc(Cl)cc4Cl)CC3)cc2C)C2=C1c1ncccc1C(OCC)C2=O. The quantitative estimate of drug-likeness (QED) is 0.290. The molecule has 3 atom stereocenters. The van der Waals surface area contributed by atoms with Crippen molar-refractivity contribution in [2.75, 3.05) is 13.2 Å². The van der Waals surface area contributed by atoms with Crippen LogP contribution >= 0.6 is 23.2 Å². The van der Waals surface area contributed by atoms with Crippen molar-refractivity contribution >= 4 is 50.5 Å². The van der Waals surface area contributed by atoms with Gasteiger partial charge in [0.15, 0.2) is 5.78 Å². The van der Waals surface area contributed by atoms with Crippen molar-refractivity contribution < 1.29 is 27.5 Å². The lowest BCUT2D eigenvalue weighted by Gasteiger charge is -2.27. The Balaban J connectivity index is 1.26. The molecule has 3 unspecified atom stereocenters. The number of Topliss-reactive ketones (excluding diaryl/α,β-unsaturated/α-hetero) is 1. The largest absolute Gasteiger partial charge is 0.366 e. The number of hydrogen-bond donors (Lipinski definition) is 2. The Labute approximate surface area is 272 Å². The summed E-state index contributed by atoms with van der Waals surface area (Å²) >= 11 is 12.4. The Morgan fingerprint density at radius 3 is 2.47 bits per heavy atom. The van der Waals surface area contributed by atoms with Crippen LogP contribution in [0.25, 0.3) is 5.57 Å². The lowest BCUT2D eigenvalue weighted by molar-refractivity contribution is -0.127. The molecule has 1 fully saturated rings. The van der Waals surface area contributed by atoms with Gasteiger partial charge in [-0.25, -0.2) is 8.42 Å². The van der Waals surface area contributed by atoms with Crippen molar-refractivity contribution in [3.63, 3.8) is 0 Å². The maximum atomic E-state index is 13.9. The van der Waals surface area contributed by atoms with Crippen LogP contribution in [0.1, 0.15) is 72.3 Å². The van der Waals surface area contributed by atoms with Gasteiger partial charge >= 0.3 is 0 Å². The smallest absolute Gasteiger partial charge is 0.244 e. The molecule has 6 rings (SSSR count). The second-order valence-corrected chi connectivity index (χ2v) is 14.1. The van der Waals surface area contributed by atoms with Gasteiger partial charge in [-0.2, -0.15) is 0 Å². The number of fused-ring (bicyclic) bond motifs is 2. The van der Waals surface area contributed by atoms with E-state index in [0.29, 0.717) is 69.6 Å². The fourth-order valence-corrected chi connectivity index (χ4v) is 8.18. The molecule has 2 heterocycles. The highest BCUT2D eigenvalue weighted by Gasteiger charge is 2.53. The summed E-state index contributed by atoms with van der Waals surface area (Å²) in [6.45, 7) is 6.36. The molecular weight excluding hydrogens is 637 g/mol. The van der Waals surface area contributed by atoms with Crippen LogP contribution in [0.5, 0.6) is 0 Å². The number of carbonyl (C=O) groups is 2. The van der Waals surface area contributed by atoms with Gasteiger partial charge in [0, 0.05) is 46.2 Å². The molecule has 0 radical (unpaired) electrons. The second-order valence-electron chi connectivity index (χ2n) is 11.5. The number of nitrogens with zero attached hydrogens (tertiary/aromatic N) is 1. The molecule has 3 aromatic rings. The first kappa shape index (κ1) is 31.8. The van der Waals surface area contributed by atoms with Gasteiger partial charge in [-0.3, -0.25) is 24.6 Å². The van der Waals surface area contributed by atoms with Crippen LogP contribution in [-0.2, 0) is 40.3 Å². The molecule has 2 N–H and O–H groups in total. The number of carbonyl (C=O) groups excluding carboxylic acids is 2. The van der Waals surface area contributed by atoms with E-state index >= 15 is 0 Å². The second kappa shape index (κ2) is 12.2. The van der Waals surface area contributed by atoms with Gasteiger partial charge in [-0.05, 0) is 74.1 Å². The van der Waals surface area contributed by atoms with Gasteiger partial charge in [-0.15, -0.1) is 0 Å². The van der Waals surface area contributed by atoms with Crippen LogP contribution < -0.4 is 10.0 Å². The minimum absolute atomic E-state index is 0.157. The standard InChI is InChI=1S/C33H33Cl2N3O6S/c1-4-43-30-22-7-6-14-36-27(22)26-25(29(30)39)28(37-31(26)44-5-2)21-10-8-19(15-18(21)3)17-45(41,42)38-32(40)33(12-13-33)23-11-9-20(34)16-24(23)35/h6-11,14-16,28,30-31,37H,4-5,12-13,17H2,1-3H3,(H,38,40). The van der Waals surface area contributed by atoms with Crippen LogP contribution in [-0.4, -0.2) is 44.5 Å². The maximum absolute atomic E-state index is 13.9. The number of rotatable bonds is 10. The van der Waals surface area contributed by atoms with Crippen LogP contribution in [0, 0.1) is 6.92 Å². The van der Waals surface area contributed by atoms with E-state index < -0.39 is 45.5 Å². The average Bonchev–Trinajstić information content (AvgIpc) is 3.70. The van der Waals surface area contributed by atoms with Gasteiger partial charge in [0.05, 0.1) is 22.9 Å². The summed E-state index contributed by atoms with van der Waals surface area (Å²) in [5.74, 6) is -1.17. The average molecular weight is 671 g/mol. The highest BCUT2D eigenvalue weighted by Crippen LogP contribution is 2.51. The fraction of sp³-hybridized carbons (Fsp3) is 0.364. The van der Waals surface area contributed by atoms with E-state index in [0.717, 1.165) is 11.1 Å². The third-order valence-corrected chi connectivity index (χ3v) is 10.3. The number of benzene rings is 2. The van der Waals surface area contributed by atoms with E-state index in [1.54, 1.807) is 42.6 Å². The van der Waals surface area contributed by atoms with E-state index in [1.165, 1.54) is 0 Å². The number of aromatic nitrogens is 1. The molecule has 1 saturated carbocycles. The maximum Gasteiger partial charge on any atom is 0.244 e. The summed E-state index contributed by atoms with van der Waals surface area (Å²) in [6.07, 6.45) is 1.32. The van der Waals surface area contributed by atoms with Crippen molar-refractivity contribution in [2.45, 2.75) is 63.2 Å². The van der Waals surface area contributed by atoms with Crippen LogP contribution in [0.15, 0.2) is 60.3 Å². The molecule has 0 bridgehead atoms. The first-order valence-electron chi connectivity index (χ1n) is 14.8. The van der Waals surface area contributed by atoms with Crippen molar-refractivity contribution in [1.29, 1.82) is 0 Å². The van der Waals surface area contributed by atoms with Crippen LogP contribution in [0.3, 0.4) is 0 Å². The predicted molar refractivity (Wildman–Crippen MR) is 171 cm³/mol. The molecule has 1 aromatic heterocycles. The molecule has 3 aliphatic rings. The van der Waals surface area contributed by atoms with E-state index in [-0.39, 0.29) is 5.78 Å². The predicted octanol–water partition coefficient (Wildman–Crippen LogP) is 5.50. The van der Waals surface area contributed by atoms with Gasteiger partial charge in [0.1, 0.15) is 12.3 Å². The zero-order chi connectivity index (χ0) is 32.1. The van der Waals surface area contributed by atoms with Gasteiger partial charge in [0.2, 0.25) is 15.9 Å². The molecule has 2 aliphatic carbocycles. The molecule has 45 heavy (non-hydrogen) atoms. The van der Waals surface area contributed by atoms with E-state index in [2.05, 4.69) is 15.0 Å². The topological polar surface area (TPSA) is 124 Å². The first-order valence-corrected chi connectivity index (χ1v) is 17.2. The Hall–Kier alpha value is -3.12. The number of ether oxygens (including phenoxy) is 2. The number of pyridine rings is 1. The summed E-state index contributed by atoms with van der Waals surface area (Å²) in [6, 6.07) is 13.2. The number of ketones is 1. The normalized spacial score (nSPS) is 21.8. The van der Waals surface area contributed by atoms with E-state index in [1.807, 2.05) is 32.9 Å². The van der Waals surface area contributed by atoms with Crippen molar-refractivity contribution in [1.82, 2.24) is 15.0 Å². The van der Waals surface area contributed by atoms with Crippen molar-refractivity contribution in [2.24, 2.45) is 0 Å². The summed E-state index contributed by atoms with van der Waals surface area (Å²) in [5.41, 5.74) is 4.24. The number of amides is 1. The van der Waals surface area contributed by atoms with Gasteiger partial charge in [-0.1, -0.05) is 53.5 Å². The minimum atomic E-state index is -4.04. The summed E-state index contributed by atoms with van der Waals surface area (Å²) in [4.78, 5) is 31.8. The Kier molecular flexibility index (Phi) is 8.66. The first-order chi connectivity index (χ1) is 21.5. The Morgan fingerprint density at radius 2 is 1.80 bits per heavy atom. The number of aryl methyl sites for hydroxylation is 1. The molecule has 1 amide bonds. The molecule has 236 valence electrons. The van der Waals surface area contributed by atoms with Crippen molar-refractivity contribution in [3.05, 3.63) is 104 Å². The molecule has 0 saturated heterocycles. The molecule has 9 nitrogen and oxygen atoms in total. The molecular formula is C33H33Cl2N3O6S. The lowest BCUT2D eigenvalue weighted by atomic mass is 9.82. The molecule has 12 heteroatoms. The summed E-state index contributed by atoms with van der Waals surface area (Å²) in [5, 5.41) is 4.22. The van der Waals surface area contributed by atoms with Gasteiger partial charge in [0.25, 0.3) is 0 Å². The third-order valence-electron chi connectivity index (χ3n) is 8.59. The van der Waals surface area contributed by atoms with E-state index in [9.17, 15) is 18.0 Å². The Bertz CT molecular complexity index is 1840. The number of nitrogens with one attached hydrogen (secondary N) is 2. The number of halogens is 2. The van der Waals surface area contributed by atoms with Crippen molar-refractivity contribution in [3.8, 4) is 0 Å². The third kappa shape index (κ3) is 5.84. The molecule has 0 spiro atoms. The zero-order valence-corrected chi connectivity index (χ0v) is 27.4. The summed E-state index contributed by atoms with van der Waals surface area (Å²) in [7, 11) is -4.04. The molecule has 2 aromatic carbocycles. The highest BCUT2D eigenvalue weighted by atomic mass is 35.5. The fourth-order valence-electron chi connectivity index (χ4n) is 6.42. The zero-order valence-electron chi connectivity index (χ0n) is 25.0.